The van der Waals surface area contributed by atoms with Crippen LogP contribution >= 0.6 is 0 Å². The van der Waals surface area contributed by atoms with Crippen molar-refractivity contribution in [3.8, 4) is 5.75 Å². The van der Waals surface area contributed by atoms with E-state index < -0.39 is 0 Å². The van der Waals surface area contributed by atoms with Crippen LogP contribution in [0.5, 0.6) is 5.75 Å². The van der Waals surface area contributed by atoms with Gasteiger partial charge in [-0.15, -0.1) is 0 Å². The van der Waals surface area contributed by atoms with Crippen LogP contribution in [0.15, 0.2) is 84.9 Å². The molecule has 3 N–H and O–H groups in total. The van der Waals surface area contributed by atoms with Crippen LogP contribution in [0.3, 0.4) is 0 Å². The fraction of sp³-hybridized carbons (Fsp3) is 0.107. The minimum atomic E-state index is -0.213. The molecule has 4 aromatic rings. The quantitative estimate of drug-likeness (QED) is 0.267. The minimum absolute atomic E-state index is 0.213. The monoisotopic (exact) mass is 465 g/mol. The predicted molar refractivity (Wildman–Crippen MR) is 142 cm³/mol. The summed E-state index contributed by atoms with van der Waals surface area (Å²) in [7, 11) is 1.62. The first-order chi connectivity index (χ1) is 17.0. The summed E-state index contributed by atoms with van der Waals surface area (Å²) in [5, 5.41) is 9.38. The summed E-state index contributed by atoms with van der Waals surface area (Å²) in [4.78, 5) is 21.3. The minimum Gasteiger partial charge on any atom is -0.497 e. The van der Waals surface area contributed by atoms with Crippen molar-refractivity contribution in [1.82, 2.24) is 9.97 Å². The molecule has 0 unspecified atom stereocenters. The molecule has 7 nitrogen and oxygen atoms in total. The van der Waals surface area contributed by atoms with E-state index in [1.54, 1.807) is 13.2 Å². The largest absolute Gasteiger partial charge is 0.497 e. The first-order valence-electron chi connectivity index (χ1n) is 11.2. The number of rotatable bonds is 8. The van der Waals surface area contributed by atoms with Gasteiger partial charge >= 0.3 is 0 Å². The molecule has 0 saturated carbocycles. The molecule has 1 amide bonds. The van der Waals surface area contributed by atoms with Crippen molar-refractivity contribution in [2.75, 3.05) is 23.1 Å². The van der Waals surface area contributed by atoms with E-state index in [0.29, 0.717) is 17.5 Å². The highest BCUT2D eigenvalue weighted by molar-refractivity contribution is 6.02. The van der Waals surface area contributed by atoms with Gasteiger partial charge in [0.15, 0.2) is 0 Å². The third kappa shape index (κ3) is 6.91. The highest BCUT2D eigenvalue weighted by Gasteiger charge is 2.05. The van der Waals surface area contributed by atoms with E-state index in [0.717, 1.165) is 28.4 Å². The molecule has 7 heteroatoms. The number of hydrogen-bond acceptors (Lipinski definition) is 6. The molecule has 0 aliphatic heterocycles. The molecule has 4 rings (SSSR count). The van der Waals surface area contributed by atoms with E-state index in [4.69, 9.17) is 4.74 Å². The van der Waals surface area contributed by atoms with Gasteiger partial charge in [-0.25, -0.2) is 4.98 Å². The molecular formula is C28H27N5O2. The molecule has 1 heterocycles. The van der Waals surface area contributed by atoms with Crippen molar-refractivity contribution >= 4 is 40.8 Å². The van der Waals surface area contributed by atoms with Crippen LogP contribution in [0.1, 0.15) is 16.8 Å². The number of hydrogen-bond donors (Lipinski definition) is 3. The maximum absolute atomic E-state index is 12.3. The zero-order valence-electron chi connectivity index (χ0n) is 19.9. The second-order valence-corrected chi connectivity index (χ2v) is 8.01. The van der Waals surface area contributed by atoms with Gasteiger partial charge in [0.25, 0.3) is 0 Å². The van der Waals surface area contributed by atoms with Crippen LogP contribution in [0.25, 0.3) is 6.08 Å². The second-order valence-electron chi connectivity index (χ2n) is 8.01. The van der Waals surface area contributed by atoms with Gasteiger partial charge < -0.3 is 20.7 Å². The summed E-state index contributed by atoms with van der Waals surface area (Å²) in [5.41, 5.74) is 5.40. The number of benzene rings is 3. The van der Waals surface area contributed by atoms with Gasteiger partial charge in [0.2, 0.25) is 11.9 Å². The Morgan fingerprint density at radius 1 is 0.800 bits per heavy atom. The van der Waals surface area contributed by atoms with Crippen molar-refractivity contribution in [3.05, 3.63) is 102 Å². The van der Waals surface area contributed by atoms with Crippen molar-refractivity contribution < 1.29 is 9.53 Å². The third-order valence-corrected chi connectivity index (χ3v) is 5.13. The maximum atomic E-state index is 12.3. The van der Waals surface area contributed by atoms with Crippen molar-refractivity contribution in [2.24, 2.45) is 0 Å². The lowest BCUT2D eigenvalue weighted by Gasteiger charge is -2.11. The molecule has 0 atom stereocenters. The number of aryl methyl sites for hydroxylation is 2. The summed E-state index contributed by atoms with van der Waals surface area (Å²) in [6, 6.07) is 24.9. The standard InChI is InChI=1S/C28H27N5O2/c1-19-4-9-22(10-5-19)30-26-18-20(2)29-28(33-26)32-24-13-11-23(12-14-24)31-27(34)17-8-21-6-15-25(35-3)16-7-21/h4-18H,1-3H3,(H,31,34)(H2,29,30,32,33)/b17-8+. The van der Waals surface area contributed by atoms with E-state index in [2.05, 4.69) is 32.8 Å². The smallest absolute Gasteiger partial charge is 0.248 e. The topological polar surface area (TPSA) is 88.2 Å². The van der Waals surface area contributed by atoms with E-state index in [9.17, 15) is 4.79 Å². The Balaban J connectivity index is 1.36. The second kappa shape index (κ2) is 11.0. The first kappa shape index (κ1) is 23.5. The van der Waals surface area contributed by atoms with Gasteiger partial charge in [0.05, 0.1) is 7.11 Å². The Labute approximate surface area is 204 Å². The summed E-state index contributed by atoms with van der Waals surface area (Å²) < 4.78 is 5.14. The number of ether oxygens (including phenoxy) is 1. The molecule has 3 aromatic carbocycles. The normalized spacial score (nSPS) is 10.7. The summed E-state index contributed by atoms with van der Waals surface area (Å²) in [6.45, 7) is 3.97. The van der Waals surface area contributed by atoms with Crippen LogP contribution in [-0.4, -0.2) is 23.0 Å². The molecule has 0 aliphatic rings. The number of aromatic nitrogens is 2. The number of methoxy groups -OCH3 is 1. The lowest BCUT2D eigenvalue weighted by atomic mass is 10.2. The van der Waals surface area contributed by atoms with Crippen LogP contribution in [0.2, 0.25) is 0 Å². The predicted octanol–water partition coefficient (Wildman–Crippen LogP) is 6.24. The van der Waals surface area contributed by atoms with E-state index >= 15 is 0 Å². The number of carbonyl (C=O) groups is 1. The molecule has 0 bridgehead atoms. The summed E-state index contributed by atoms with van der Waals surface area (Å²) in [5.74, 6) is 1.75. The zero-order valence-corrected chi connectivity index (χ0v) is 19.9. The molecule has 35 heavy (non-hydrogen) atoms. The average molecular weight is 466 g/mol. The lowest BCUT2D eigenvalue weighted by molar-refractivity contribution is -0.111. The Morgan fingerprint density at radius 3 is 2.11 bits per heavy atom. The number of carbonyl (C=O) groups excluding carboxylic acids is 1. The first-order valence-corrected chi connectivity index (χ1v) is 11.2. The van der Waals surface area contributed by atoms with Crippen LogP contribution in [-0.2, 0) is 4.79 Å². The maximum Gasteiger partial charge on any atom is 0.248 e. The fourth-order valence-electron chi connectivity index (χ4n) is 3.31. The number of amides is 1. The van der Waals surface area contributed by atoms with E-state index in [-0.39, 0.29) is 5.91 Å². The van der Waals surface area contributed by atoms with Gasteiger partial charge in [-0.3, -0.25) is 4.79 Å². The van der Waals surface area contributed by atoms with Gasteiger partial charge in [0.1, 0.15) is 11.6 Å². The number of nitrogens with one attached hydrogen (secondary N) is 3. The Morgan fingerprint density at radius 2 is 1.43 bits per heavy atom. The summed E-state index contributed by atoms with van der Waals surface area (Å²) >= 11 is 0. The molecular weight excluding hydrogens is 438 g/mol. The van der Waals surface area contributed by atoms with E-state index in [1.807, 2.05) is 85.8 Å². The zero-order chi connectivity index (χ0) is 24.6. The highest BCUT2D eigenvalue weighted by atomic mass is 16.5. The average Bonchev–Trinajstić information content (AvgIpc) is 2.85. The Hall–Kier alpha value is -4.65. The third-order valence-electron chi connectivity index (χ3n) is 5.13. The SMILES string of the molecule is COc1ccc(/C=C/C(=O)Nc2ccc(Nc3nc(C)cc(Nc4ccc(C)cc4)n3)cc2)cc1. The lowest BCUT2D eigenvalue weighted by Crippen LogP contribution is -2.07. The number of nitrogens with zero attached hydrogens (tertiary/aromatic N) is 2. The molecule has 0 fully saturated rings. The summed E-state index contributed by atoms with van der Waals surface area (Å²) in [6.07, 6.45) is 3.25. The fourth-order valence-corrected chi connectivity index (χ4v) is 3.31. The molecule has 0 spiro atoms. The molecule has 0 radical (unpaired) electrons. The van der Waals surface area contributed by atoms with Crippen molar-refractivity contribution in [3.63, 3.8) is 0 Å². The van der Waals surface area contributed by atoms with Crippen molar-refractivity contribution in [2.45, 2.75) is 13.8 Å². The van der Waals surface area contributed by atoms with Crippen molar-refractivity contribution in [1.29, 1.82) is 0 Å². The molecule has 0 saturated heterocycles. The number of anilines is 5. The molecule has 0 aliphatic carbocycles. The van der Waals surface area contributed by atoms with Gasteiger partial charge in [-0.2, -0.15) is 4.98 Å². The van der Waals surface area contributed by atoms with Crippen LogP contribution in [0.4, 0.5) is 28.8 Å². The van der Waals surface area contributed by atoms with Crippen LogP contribution in [0, 0.1) is 13.8 Å². The van der Waals surface area contributed by atoms with Gasteiger partial charge in [-0.1, -0.05) is 29.8 Å². The van der Waals surface area contributed by atoms with Gasteiger partial charge in [-0.05, 0) is 74.0 Å². The van der Waals surface area contributed by atoms with E-state index in [1.165, 1.54) is 11.6 Å². The van der Waals surface area contributed by atoms with Crippen LogP contribution < -0.4 is 20.7 Å². The highest BCUT2D eigenvalue weighted by Crippen LogP contribution is 2.21. The van der Waals surface area contributed by atoms with Gasteiger partial charge in [0, 0.05) is 34.9 Å². The Kier molecular flexibility index (Phi) is 7.37. The Bertz CT molecular complexity index is 1320. The molecule has 176 valence electrons. The molecule has 1 aromatic heterocycles.